The van der Waals surface area contributed by atoms with Gasteiger partial charge in [-0.1, -0.05) is 12.1 Å². The summed E-state index contributed by atoms with van der Waals surface area (Å²) in [4.78, 5) is 30.3. The number of piperidine rings is 1. The normalized spacial score (nSPS) is 18.1. The zero-order chi connectivity index (χ0) is 19.2. The monoisotopic (exact) mass is 385 g/mol. The standard InChI is InChI=1S/C19H19N3O4S/c20-27(25,26)13-4-3-9-22(11-13)19(24)12-7-8-17-15(10-12)18(23)14-5-1-2-6-16(14)21-17/h1-2,5-8,10,13H,3-4,9,11H2,(H,21,23)(H2,20,25,26). The quantitative estimate of drug-likeness (QED) is 0.652. The van der Waals surface area contributed by atoms with Gasteiger partial charge in [0, 0.05) is 40.5 Å². The van der Waals surface area contributed by atoms with Crippen LogP contribution in [0.5, 0.6) is 0 Å². The molecule has 1 atom stereocenters. The van der Waals surface area contributed by atoms with Gasteiger partial charge in [0.15, 0.2) is 5.43 Å². The minimum atomic E-state index is -3.69. The number of fused-ring (bicyclic) bond motifs is 2. The molecule has 2 heterocycles. The van der Waals surface area contributed by atoms with Crippen molar-refractivity contribution in [2.24, 2.45) is 5.14 Å². The second kappa shape index (κ2) is 6.47. The number of aromatic nitrogens is 1. The Balaban J connectivity index is 1.73. The second-order valence-electron chi connectivity index (χ2n) is 6.86. The molecule has 7 nitrogen and oxygen atoms in total. The van der Waals surface area contributed by atoms with Crippen molar-refractivity contribution in [2.75, 3.05) is 13.1 Å². The molecular weight excluding hydrogens is 366 g/mol. The van der Waals surface area contributed by atoms with E-state index in [1.54, 1.807) is 30.3 Å². The number of amides is 1. The number of likely N-dealkylation sites (tertiary alicyclic amines) is 1. The molecule has 2 aromatic carbocycles. The SMILES string of the molecule is NS(=O)(=O)C1CCCN(C(=O)c2ccc3[nH]c4ccccc4c(=O)c3c2)C1. The number of primary sulfonamides is 1. The molecule has 1 amide bonds. The van der Waals surface area contributed by atoms with Crippen molar-refractivity contribution in [3.63, 3.8) is 0 Å². The summed E-state index contributed by atoms with van der Waals surface area (Å²) < 4.78 is 23.3. The molecule has 0 radical (unpaired) electrons. The van der Waals surface area contributed by atoms with Crippen LogP contribution in [0.4, 0.5) is 0 Å². The third-order valence-corrected chi connectivity index (χ3v) is 6.40. The fourth-order valence-electron chi connectivity index (χ4n) is 3.63. The number of hydrogen-bond acceptors (Lipinski definition) is 4. The highest BCUT2D eigenvalue weighted by atomic mass is 32.2. The van der Waals surface area contributed by atoms with Crippen LogP contribution in [0.25, 0.3) is 21.8 Å². The summed E-state index contributed by atoms with van der Waals surface area (Å²) in [6.45, 7) is 0.542. The van der Waals surface area contributed by atoms with E-state index in [1.807, 2.05) is 12.1 Å². The van der Waals surface area contributed by atoms with E-state index in [0.29, 0.717) is 41.2 Å². The molecule has 0 bridgehead atoms. The smallest absolute Gasteiger partial charge is 0.253 e. The molecule has 1 saturated heterocycles. The number of pyridine rings is 1. The third kappa shape index (κ3) is 3.22. The molecule has 1 aromatic heterocycles. The van der Waals surface area contributed by atoms with E-state index >= 15 is 0 Å². The Labute approximate surface area is 155 Å². The Morgan fingerprint density at radius 1 is 1.11 bits per heavy atom. The minimum absolute atomic E-state index is 0.0732. The van der Waals surface area contributed by atoms with Crippen LogP contribution in [0.1, 0.15) is 23.2 Å². The largest absolute Gasteiger partial charge is 0.354 e. The summed E-state index contributed by atoms with van der Waals surface area (Å²) >= 11 is 0. The van der Waals surface area contributed by atoms with Gasteiger partial charge in [0.1, 0.15) is 0 Å². The molecule has 3 aromatic rings. The van der Waals surface area contributed by atoms with Gasteiger partial charge in [-0.3, -0.25) is 9.59 Å². The van der Waals surface area contributed by atoms with E-state index in [4.69, 9.17) is 5.14 Å². The average Bonchev–Trinajstić information content (AvgIpc) is 2.67. The molecule has 1 aliphatic rings. The zero-order valence-corrected chi connectivity index (χ0v) is 15.3. The Bertz CT molecular complexity index is 1220. The highest BCUT2D eigenvalue weighted by Gasteiger charge is 2.31. The summed E-state index contributed by atoms with van der Waals surface area (Å²) in [6, 6.07) is 12.1. The molecule has 0 aliphatic carbocycles. The molecule has 1 fully saturated rings. The van der Waals surface area contributed by atoms with E-state index in [2.05, 4.69) is 4.98 Å². The van der Waals surface area contributed by atoms with Crippen molar-refractivity contribution < 1.29 is 13.2 Å². The molecule has 27 heavy (non-hydrogen) atoms. The maximum Gasteiger partial charge on any atom is 0.253 e. The van der Waals surface area contributed by atoms with Crippen molar-refractivity contribution in [3.05, 3.63) is 58.3 Å². The predicted molar refractivity (Wildman–Crippen MR) is 104 cm³/mol. The van der Waals surface area contributed by atoms with Crippen LogP contribution in [-0.2, 0) is 10.0 Å². The minimum Gasteiger partial charge on any atom is -0.354 e. The lowest BCUT2D eigenvalue weighted by Crippen LogP contribution is -2.47. The van der Waals surface area contributed by atoms with Crippen LogP contribution in [-0.4, -0.2) is 42.5 Å². The fourth-order valence-corrected chi connectivity index (χ4v) is 4.51. The number of carbonyl (C=O) groups excluding carboxylic acids is 1. The molecule has 140 valence electrons. The molecular formula is C19H19N3O4S. The number of benzene rings is 2. The first kappa shape index (κ1) is 17.7. The summed E-state index contributed by atoms with van der Waals surface area (Å²) in [5.74, 6) is -0.294. The van der Waals surface area contributed by atoms with Crippen LogP contribution in [0.15, 0.2) is 47.3 Å². The number of nitrogens with one attached hydrogen (secondary N) is 1. The molecule has 0 spiro atoms. The van der Waals surface area contributed by atoms with Gasteiger partial charge in [-0.2, -0.15) is 0 Å². The molecule has 1 aliphatic heterocycles. The second-order valence-corrected chi connectivity index (χ2v) is 8.71. The fraction of sp³-hybridized carbons (Fsp3) is 0.263. The zero-order valence-electron chi connectivity index (χ0n) is 14.5. The Morgan fingerprint density at radius 3 is 2.63 bits per heavy atom. The van der Waals surface area contributed by atoms with Gasteiger partial charge in [-0.05, 0) is 43.2 Å². The van der Waals surface area contributed by atoms with Gasteiger partial charge in [0.05, 0.1) is 5.25 Å². The molecule has 3 N–H and O–H groups in total. The van der Waals surface area contributed by atoms with Crippen LogP contribution in [0, 0.1) is 0 Å². The van der Waals surface area contributed by atoms with Crippen LogP contribution in [0.3, 0.4) is 0 Å². The number of para-hydroxylation sites is 1. The predicted octanol–water partition coefficient (Wildman–Crippen LogP) is 1.57. The van der Waals surface area contributed by atoms with Crippen molar-refractivity contribution in [1.29, 1.82) is 0 Å². The average molecular weight is 385 g/mol. The van der Waals surface area contributed by atoms with E-state index in [1.165, 1.54) is 4.90 Å². The summed E-state index contributed by atoms with van der Waals surface area (Å²) in [5.41, 5.74) is 1.60. The first-order valence-electron chi connectivity index (χ1n) is 8.70. The van der Waals surface area contributed by atoms with E-state index in [-0.39, 0.29) is 17.9 Å². The maximum absolute atomic E-state index is 12.9. The maximum atomic E-state index is 12.9. The Morgan fingerprint density at radius 2 is 1.85 bits per heavy atom. The van der Waals surface area contributed by atoms with Gasteiger partial charge < -0.3 is 9.88 Å². The van der Waals surface area contributed by atoms with Crippen LogP contribution in [0.2, 0.25) is 0 Å². The van der Waals surface area contributed by atoms with Gasteiger partial charge >= 0.3 is 0 Å². The van der Waals surface area contributed by atoms with Crippen molar-refractivity contribution >= 4 is 37.7 Å². The molecule has 4 rings (SSSR count). The van der Waals surface area contributed by atoms with E-state index in [9.17, 15) is 18.0 Å². The Kier molecular flexibility index (Phi) is 4.24. The summed E-state index contributed by atoms with van der Waals surface area (Å²) in [5, 5.41) is 5.49. The lowest BCUT2D eigenvalue weighted by atomic mass is 10.0. The van der Waals surface area contributed by atoms with E-state index < -0.39 is 15.3 Å². The van der Waals surface area contributed by atoms with Crippen LogP contribution < -0.4 is 10.6 Å². The lowest BCUT2D eigenvalue weighted by molar-refractivity contribution is 0.0727. The highest BCUT2D eigenvalue weighted by molar-refractivity contribution is 7.89. The number of nitrogens with two attached hydrogens (primary N) is 1. The van der Waals surface area contributed by atoms with Crippen molar-refractivity contribution in [3.8, 4) is 0 Å². The molecule has 8 heteroatoms. The van der Waals surface area contributed by atoms with E-state index in [0.717, 1.165) is 5.52 Å². The third-order valence-electron chi connectivity index (χ3n) is 5.08. The lowest BCUT2D eigenvalue weighted by Gasteiger charge is -2.31. The van der Waals surface area contributed by atoms with Crippen molar-refractivity contribution in [2.45, 2.75) is 18.1 Å². The number of carbonyl (C=O) groups is 1. The van der Waals surface area contributed by atoms with Gasteiger partial charge in [0.2, 0.25) is 10.0 Å². The van der Waals surface area contributed by atoms with Gasteiger partial charge in [0.25, 0.3) is 5.91 Å². The summed E-state index contributed by atoms with van der Waals surface area (Å²) in [7, 11) is -3.69. The summed E-state index contributed by atoms with van der Waals surface area (Å²) in [6.07, 6.45) is 1.03. The number of H-pyrrole nitrogens is 1. The molecule has 0 saturated carbocycles. The van der Waals surface area contributed by atoms with Crippen LogP contribution >= 0.6 is 0 Å². The van der Waals surface area contributed by atoms with Crippen molar-refractivity contribution in [1.82, 2.24) is 9.88 Å². The number of aromatic amines is 1. The number of hydrogen-bond donors (Lipinski definition) is 2. The first-order valence-corrected chi connectivity index (χ1v) is 10.3. The first-order chi connectivity index (χ1) is 12.8. The topological polar surface area (TPSA) is 113 Å². The Hall–Kier alpha value is -2.71. The number of rotatable bonds is 2. The number of sulfonamides is 1. The van der Waals surface area contributed by atoms with Gasteiger partial charge in [-0.15, -0.1) is 0 Å². The highest BCUT2D eigenvalue weighted by Crippen LogP contribution is 2.20. The van der Waals surface area contributed by atoms with Gasteiger partial charge in [-0.25, -0.2) is 13.6 Å². The molecule has 1 unspecified atom stereocenters. The number of nitrogens with zero attached hydrogens (tertiary/aromatic N) is 1.